The normalized spacial score (nSPS) is 11.0. The number of primary amides is 1. The Morgan fingerprint density at radius 2 is 2.17 bits per heavy atom. The highest BCUT2D eigenvalue weighted by Crippen LogP contribution is 2.30. The van der Waals surface area contributed by atoms with Crippen molar-refractivity contribution in [1.29, 1.82) is 0 Å². The highest BCUT2D eigenvalue weighted by atomic mass is 19.1. The van der Waals surface area contributed by atoms with Gasteiger partial charge in [-0.05, 0) is 24.6 Å². The SMILES string of the molecule is CCc1nn(C)c2cccc(Nc3nc(N)c(F)cc3C(N)=O)c12. The highest BCUT2D eigenvalue weighted by molar-refractivity contribution is 6.01. The van der Waals surface area contributed by atoms with Crippen molar-refractivity contribution in [3.8, 4) is 0 Å². The summed E-state index contributed by atoms with van der Waals surface area (Å²) in [6.07, 6.45) is 0.734. The maximum atomic E-state index is 13.6. The molecule has 2 heterocycles. The minimum Gasteiger partial charge on any atom is -0.381 e. The molecule has 3 rings (SSSR count). The van der Waals surface area contributed by atoms with Crippen LogP contribution < -0.4 is 16.8 Å². The first-order chi connectivity index (χ1) is 11.4. The molecule has 124 valence electrons. The molecule has 0 unspecified atom stereocenters. The van der Waals surface area contributed by atoms with Gasteiger partial charge in [0.15, 0.2) is 11.6 Å². The largest absolute Gasteiger partial charge is 0.381 e. The van der Waals surface area contributed by atoms with Gasteiger partial charge >= 0.3 is 0 Å². The molecule has 0 fully saturated rings. The third kappa shape index (κ3) is 2.51. The minimum absolute atomic E-state index is 0.0689. The van der Waals surface area contributed by atoms with E-state index in [0.717, 1.165) is 29.1 Å². The number of nitrogens with zero attached hydrogens (tertiary/aromatic N) is 3. The lowest BCUT2D eigenvalue weighted by molar-refractivity contribution is 0.100. The molecule has 8 heteroatoms. The van der Waals surface area contributed by atoms with Gasteiger partial charge in [-0.2, -0.15) is 5.10 Å². The molecule has 0 saturated heterocycles. The number of carbonyl (C=O) groups is 1. The second-order valence-corrected chi connectivity index (χ2v) is 5.36. The van der Waals surface area contributed by atoms with Crippen LogP contribution in [0.4, 0.5) is 21.7 Å². The van der Waals surface area contributed by atoms with Crippen LogP contribution in [0.3, 0.4) is 0 Å². The smallest absolute Gasteiger partial charge is 0.252 e. The molecule has 1 aromatic carbocycles. The van der Waals surface area contributed by atoms with E-state index >= 15 is 0 Å². The number of hydrogen-bond acceptors (Lipinski definition) is 5. The lowest BCUT2D eigenvalue weighted by Crippen LogP contribution is -2.16. The molecular weight excluding hydrogens is 311 g/mol. The van der Waals surface area contributed by atoms with Crippen molar-refractivity contribution in [2.24, 2.45) is 12.8 Å². The summed E-state index contributed by atoms with van der Waals surface area (Å²) in [5, 5.41) is 8.43. The standard InChI is InChI=1S/C16H17FN6O/c1-3-10-13-11(5-4-6-12(13)23(2)22-10)20-16-8(15(19)24)7-9(17)14(18)21-16/h4-7H,3H2,1-2H3,(H2,19,24)(H3,18,20,21). The first-order valence-electron chi connectivity index (χ1n) is 7.39. The van der Waals surface area contributed by atoms with Crippen LogP contribution in [0.5, 0.6) is 0 Å². The zero-order valence-corrected chi connectivity index (χ0v) is 13.3. The van der Waals surface area contributed by atoms with Crippen molar-refractivity contribution in [3.63, 3.8) is 0 Å². The number of aromatic nitrogens is 3. The molecule has 0 bridgehead atoms. The summed E-state index contributed by atoms with van der Waals surface area (Å²) < 4.78 is 15.4. The highest BCUT2D eigenvalue weighted by Gasteiger charge is 2.17. The maximum Gasteiger partial charge on any atom is 0.252 e. The fraction of sp³-hybridized carbons (Fsp3) is 0.188. The van der Waals surface area contributed by atoms with Crippen LogP contribution >= 0.6 is 0 Å². The quantitative estimate of drug-likeness (QED) is 0.679. The van der Waals surface area contributed by atoms with Gasteiger partial charge in [0.25, 0.3) is 5.91 Å². The number of fused-ring (bicyclic) bond motifs is 1. The number of anilines is 3. The number of nitrogens with one attached hydrogen (secondary N) is 1. The first kappa shape index (κ1) is 15.7. The molecule has 5 N–H and O–H groups in total. The summed E-state index contributed by atoms with van der Waals surface area (Å²) in [7, 11) is 1.86. The molecule has 1 amide bonds. The van der Waals surface area contributed by atoms with Crippen molar-refractivity contribution in [2.75, 3.05) is 11.1 Å². The third-order valence-electron chi connectivity index (χ3n) is 3.81. The van der Waals surface area contributed by atoms with Crippen LogP contribution in [0, 0.1) is 5.82 Å². The van der Waals surface area contributed by atoms with Crippen molar-refractivity contribution < 1.29 is 9.18 Å². The summed E-state index contributed by atoms with van der Waals surface area (Å²) in [4.78, 5) is 15.5. The molecule has 0 spiro atoms. The molecule has 7 nitrogen and oxygen atoms in total. The van der Waals surface area contributed by atoms with Crippen molar-refractivity contribution in [2.45, 2.75) is 13.3 Å². The molecule has 0 aliphatic rings. The van der Waals surface area contributed by atoms with E-state index in [1.807, 2.05) is 32.2 Å². The second kappa shape index (κ2) is 5.80. The van der Waals surface area contributed by atoms with Crippen LogP contribution in [-0.4, -0.2) is 20.7 Å². The molecular formula is C16H17FN6O. The molecule has 3 aromatic rings. The predicted molar refractivity (Wildman–Crippen MR) is 90.5 cm³/mol. The Morgan fingerprint density at radius 3 is 2.83 bits per heavy atom. The number of aryl methyl sites for hydroxylation is 2. The molecule has 0 saturated carbocycles. The number of nitrogens with two attached hydrogens (primary N) is 2. The Hall–Kier alpha value is -3.16. The number of halogens is 1. The van der Waals surface area contributed by atoms with Gasteiger partial charge in [0, 0.05) is 12.4 Å². The number of pyridine rings is 1. The van der Waals surface area contributed by atoms with Crippen LogP contribution in [0.15, 0.2) is 24.3 Å². The van der Waals surface area contributed by atoms with E-state index in [4.69, 9.17) is 11.5 Å². The van der Waals surface area contributed by atoms with E-state index in [1.54, 1.807) is 4.68 Å². The first-order valence-corrected chi connectivity index (χ1v) is 7.39. The van der Waals surface area contributed by atoms with Crippen LogP contribution in [-0.2, 0) is 13.5 Å². The Kier molecular flexibility index (Phi) is 3.80. The number of hydrogen-bond donors (Lipinski definition) is 3. The van der Waals surface area contributed by atoms with Crippen LogP contribution in [0.1, 0.15) is 23.0 Å². The summed E-state index contributed by atoms with van der Waals surface area (Å²) >= 11 is 0. The molecule has 0 aliphatic carbocycles. The van der Waals surface area contributed by atoms with Gasteiger partial charge in [-0.25, -0.2) is 9.37 Å². The number of amides is 1. The van der Waals surface area contributed by atoms with Gasteiger partial charge in [0.05, 0.1) is 22.5 Å². The predicted octanol–water partition coefficient (Wildman–Crippen LogP) is 2.09. The van der Waals surface area contributed by atoms with Gasteiger partial charge in [-0.3, -0.25) is 9.48 Å². The monoisotopic (exact) mass is 328 g/mol. The van der Waals surface area contributed by atoms with Crippen molar-refractivity contribution in [1.82, 2.24) is 14.8 Å². The van der Waals surface area contributed by atoms with Gasteiger partial charge in [0.2, 0.25) is 0 Å². The average molecular weight is 328 g/mol. The van der Waals surface area contributed by atoms with E-state index in [-0.39, 0.29) is 17.2 Å². The maximum absolute atomic E-state index is 13.6. The van der Waals surface area contributed by atoms with Crippen molar-refractivity contribution in [3.05, 3.63) is 41.3 Å². The average Bonchev–Trinajstić information content (AvgIpc) is 2.88. The number of rotatable bonds is 4. The van der Waals surface area contributed by atoms with E-state index < -0.39 is 11.7 Å². The molecule has 0 aliphatic heterocycles. The van der Waals surface area contributed by atoms with Gasteiger partial charge in [0.1, 0.15) is 5.82 Å². The van der Waals surface area contributed by atoms with Crippen LogP contribution in [0.25, 0.3) is 10.9 Å². The lowest BCUT2D eigenvalue weighted by atomic mass is 10.1. The van der Waals surface area contributed by atoms with Crippen molar-refractivity contribution >= 4 is 34.1 Å². The zero-order valence-electron chi connectivity index (χ0n) is 13.3. The Morgan fingerprint density at radius 1 is 1.42 bits per heavy atom. The van der Waals surface area contributed by atoms with Gasteiger partial charge in [-0.1, -0.05) is 13.0 Å². The number of benzene rings is 1. The molecule has 2 aromatic heterocycles. The Bertz CT molecular complexity index is 949. The zero-order chi connectivity index (χ0) is 17.4. The minimum atomic E-state index is -0.794. The second-order valence-electron chi connectivity index (χ2n) is 5.36. The van der Waals surface area contributed by atoms with Crippen LogP contribution in [0.2, 0.25) is 0 Å². The topological polar surface area (TPSA) is 112 Å². The molecule has 24 heavy (non-hydrogen) atoms. The van der Waals surface area contributed by atoms with E-state index in [2.05, 4.69) is 15.4 Å². The number of carbonyl (C=O) groups excluding carboxylic acids is 1. The number of nitrogen functional groups attached to an aromatic ring is 1. The summed E-state index contributed by atoms with van der Waals surface area (Å²) in [5.74, 6) is -1.78. The lowest BCUT2D eigenvalue weighted by Gasteiger charge is -2.12. The van der Waals surface area contributed by atoms with E-state index in [0.29, 0.717) is 5.69 Å². The Balaban J connectivity index is 2.18. The van der Waals surface area contributed by atoms with E-state index in [1.165, 1.54) is 0 Å². The molecule has 0 radical (unpaired) electrons. The summed E-state index contributed by atoms with van der Waals surface area (Å²) in [6.45, 7) is 2.00. The third-order valence-corrected chi connectivity index (χ3v) is 3.81. The Labute approximate surface area is 137 Å². The fourth-order valence-corrected chi connectivity index (χ4v) is 2.66. The van der Waals surface area contributed by atoms with E-state index in [9.17, 15) is 9.18 Å². The summed E-state index contributed by atoms with van der Waals surface area (Å²) in [6, 6.07) is 6.60. The van der Waals surface area contributed by atoms with Gasteiger partial charge in [-0.15, -0.1) is 0 Å². The van der Waals surface area contributed by atoms with Gasteiger partial charge < -0.3 is 16.8 Å². The molecule has 0 atom stereocenters. The summed E-state index contributed by atoms with van der Waals surface area (Å²) in [5.41, 5.74) is 13.3. The fourth-order valence-electron chi connectivity index (χ4n) is 2.66.